The molecule has 0 radical (unpaired) electrons. The molecule has 0 fully saturated rings. The van der Waals surface area contributed by atoms with Gasteiger partial charge in [0.05, 0.1) is 8.07 Å². The van der Waals surface area contributed by atoms with Crippen LogP contribution in [-0.2, 0) is 4.74 Å². The van der Waals surface area contributed by atoms with E-state index in [1.165, 1.54) is 5.19 Å². The van der Waals surface area contributed by atoms with Crippen molar-refractivity contribution in [2.24, 2.45) is 0 Å². The summed E-state index contributed by atoms with van der Waals surface area (Å²) >= 11 is 0. The van der Waals surface area contributed by atoms with Gasteiger partial charge in [-0.05, 0) is 12.1 Å². The first-order chi connectivity index (χ1) is 6.54. The van der Waals surface area contributed by atoms with Crippen molar-refractivity contribution in [2.45, 2.75) is 19.6 Å². The molecule has 1 rings (SSSR count). The molecule has 1 aromatic rings. The van der Waals surface area contributed by atoms with E-state index in [1.807, 2.05) is 12.1 Å². The van der Waals surface area contributed by atoms with Crippen LogP contribution in [0.3, 0.4) is 0 Å². The highest BCUT2D eigenvalue weighted by molar-refractivity contribution is 6.88. The van der Waals surface area contributed by atoms with E-state index in [1.54, 1.807) is 7.11 Å². The summed E-state index contributed by atoms with van der Waals surface area (Å²) in [5, 5.41) is 1.41. The fraction of sp³-hybridized carbons (Fsp3) is 0.455. The Morgan fingerprint density at radius 2 is 1.93 bits per heavy atom. The lowest BCUT2D eigenvalue weighted by atomic mass is 10.3. The van der Waals surface area contributed by atoms with Crippen LogP contribution in [0.15, 0.2) is 24.3 Å². The van der Waals surface area contributed by atoms with Crippen LogP contribution >= 0.6 is 0 Å². The standard InChI is InChI=1S/C11H18O2Si/c1-12-9-13-10-6-5-7-11(8-10)14(2,3)4/h5-8H,9H2,1-4H3. The zero-order valence-electron chi connectivity index (χ0n) is 9.33. The first-order valence-corrected chi connectivity index (χ1v) is 8.26. The first-order valence-electron chi connectivity index (χ1n) is 4.76. The quantitative estimate of drug-likeness (QED) is 0.560. The normalized spacial score (nSPS) is 11.4. The fourth-order valence-corrected chi connectivity index (χ4v) is 2.35. The van der Waals surface area contributed by atoms with E-state index < -0.39 is 8.07 Å². The Hall–Kier alpha value is -0.803. The molecule has 0 spiro atoms. The van der Waals surface area contributed by atoms with E-state index >= 15 is 0 Å². The van der Waals surface area contributed by atoms with Gasteiger partial charge >= 0.3 is 0 Å². The molecule has 0 saturated carbocycles. The predicted molar refractivity (Wildman–Crippen MR) is 61.9 cm³/mol. The highest BCUT2D eigenvalue weighted by atomic mass is 28.3. The van der Waals surface area contributed by atoms with Gasteiger partial charge in [-0.3, -0.25) is 0 Å². The summed E-state index contributed by atoms with van der Waals surface area (Å²) in [5.74, 6) is 0.895. The maximum Gasteiger partial charge on any atom is 0.188 e. The third-order valence-electron chi connectivity index (χ3n) is 2.04. The molecule has 2 nitrogen and oxygen atoms in total. The second-order valence-corrected chi connectivity index (χ2v) is 9.41. The zero-order valence-corrected chi connectivity index (χ0v) is 10.3. The summed E-state index contributed by atoms with van der Waals surface area (Å²) in [6.45, 7) is 7.28. The van der Waals surface area contributed by atoms with Crippen molar-refractivity contribution in [1.29, 1.82) is 0 Å². The Bertz CT molecular complexity index is 292. The van der Waals surface area contributed by atoms with Crippen LogP contribution in [-0.4, -0.2) is 22.0 Å². The van der Waals surface area contributed by atoms with E-state index in [4.69, 9.17) is 9.47 Å². The number of hydrogen-bond acceptors (Lipinski definition) is 2. The smallest absolute Gasteiger partial charge is 0.188 e. The highest BCUT2D eigenvalue weighted by Crippen LogP contribution is 2.11. The molecular weight excluding hydrogens is 192 g/mol. The van der Waals surface area contributed by atoms with Crippen molar-refractivity contribution in [1.82, 2.24) is 0 Å². The van der Waals surface area contributed by atoms with Crippen molar-refractivity contribution in [3.05, 3.63) is 24.3 Å². The van der Waals surface area contributed by atoms with Crippen LogP contribution < -0.4 is 9.92 Å². The largest absolute Gasteiger partial charge is 0.468 e. The van der Waals surface area contributed by atoms with Gasteiger partial charge in [0.25, 0.3) is 0 Å². The molecule has 78 valence electrons. The summed E-state index contributed by atoms with van der Waals surface area (Å²) < 4.78 is 10.3. The molecule has 1 aromatic carbocycles. The molecular formula is C11H18O2Si. The summed E-state index contributed by atoms with van der Waals surface area (Å²) in [7, 11) is 0.403. The van der Waals surface area contributed by atoms with Crippen molar-refractivity contribution in [2.75, 3.05) is 13.9 Å². The van der Waals surface area contributed by atoms with Gasteiger partial charge in [-0.2, -0.15) is 0 Å². The molecule has 0 aliphatic carbocycles. The number of methoxy groups -OCH3 is 1. The summed E-state index contributed by atoms with van der Waals surface area (Å²) in [4.78, 5) is 0. The lowest BCUT2D eigenvalue weighted by Crippen LogP contribution is -2.37. The summed E-state index contributed by atoms with van der Waals surface area (Å²) in [6, 6.07) is 8.29. The Balaban J connectivity index is 2.79. The second-order valence-electron chi connectivity index (χ2n) is 4.33. The zero-order chi connectivity index (χ0) is 10.6. The van der Waals surface area contributed by atoms with Gasteiger partial charge in [-0.25, -0.2) is 0 Å². The minimum Gasteiger partial charge on any atom is -0.468 e. The number of ether oxygens (including phenoxy) is 2. The van der Waals surface area contributed by atoms with E-state index in [-0.39, 0.29) is 0 Å². The molecule has 0 aliphatic heterocycles. The Morgan fingerprint density at radius 3 is 2.50 bits per heavy atom. The third-order valence-corrected chi connectivity index (χ3v) is 4.09. The SMILES string of the molecule is COCOc1cccc([Si](C)(C)C)c1. The summed E-state index contributed by atoms with van der Waals surface area (Å²) in [6.07, 6.45) is 0. The van der Waals surface area contributed by atoms with Crippen LogP contribution in [0.4, 0.5) is 0 Å². The molecule has 14 heavy (non-hydrogen) atoms. The van der Waals surface area contributed by atoms with Crippen molar-refractivity contribution >= 4 is 13.3 Å². The summed E-state index contributed by atoms with van der Waals surface area (Å²) in [5.41, 5.74) is 0. The van der Waals surface area contributed by atoms with Crippen LogP contribution in [0.5, 0.6) is 5.75 Å². The predicted octanol–water partition coefficient (Wildman–Crippen LogP) is 2.21. The molecule has 0 atom stereocenters. The van der Waals surface area contributed by atoms with Crippen molar-refractivity contribution in [3.63, 3.8) is 0 Å². The number of rotatable bonds is 4. The lowest BCUT2D eigenvalue weighted by Gasteiger charge is -2.17. The fourth-order valence-electron chi connectivity index (χ4n) is 1.18. The van der Waals surface area contributed by atoms with E-state index in [2.05, 4.69) is 31.8 Å². The van der Waals surface area contributed by atoms with Crippen LogP contribution in [0, 0.1) is 0 Å². The Kier molecular flexibility index (Phi) is 3.72. The lowest BCUT2D eigenvalue weighted by molar-refractivity contribution is 0.0512. The van der Waals surface area contributed by atoms with Crippen molar-refractivity contribution in [3.8, 4) is 5.75 Å². The van der Waals surface area contributed by atoms with Crippen LogP contribution in [0.25, 0.3) is 0 Å². The van der Waals surface area contributed by atoms with E-state index in [0.717, 1.165) is 5.75 Å². The van der Waals surface area contributed by atoms with E-state index in [0.29, 0.717) is 6.79 Å². The van der Waals surface area contributed by atoms with E-state index in [9.17, 15) is 0 Å². The monoisotopic (exact) mass is 210 g/mol. The molecule has 0 bridgehead atoms. The van der Waals surface area contributed by atoms with Gasteiger partial charge in [-0.1, -0.05) is 37.0 Å². The van der Waals surface area contributed by atoms with Gasteiger partial charge in [0, 0.05) is 7.11 Å². The Labute approximate surface area is 86.9 Å². The highest BCUT2D eigenvalue weighted by Gasteiger charge is 2.16. The topological polar surface area (TPSA) is 18.5 Å². The van der Waals surface area contributed by atoms with Gasteiger partial charge < -0.3 is 9.47 Å². The molecule has 0 heterocycles. The van der Waals surface area contributed by atoms with Crippen LogP contribution in [0.1, 0.15) is 0 Å². The third kappa shape index (κ3) is 3.16. The second kappa shape index (κ2) is 4.62. The molecule has 0 amide bonds. The molecule has 0 saturated heterocycles. The average Bonchev–Trinajstić information content (AvgIpc) is 2.14. The van der Waals surface area contributed by atoms with Gasteiger partial charge in [0.15, 0.2) is 6.79 Å². The molecule has 0 aromatic heterocycles. The maximum atomic E-state index is 5.39. The Morgan fingerprint density at radius 1 is 1.21 bits per heavy atom. The average molecular weight is 210 g/mol. The minimum absolute atomic E-state index is 0.315. The van der Waals surface area contributed by atoms with Gasteiger partial charge in [-0.15, -0.1) is 0 Å². The first kappa shape index (κ1) is 11.3. The minimum atomic E-state index is -1.22. The van der Waals surface area contributed by atoms with Crippen molar-refractivity contribution < 1.29 is 9.47 Å². The maximum absolute atomic E-state index is 5.39. The molecule has 0 aliphatic rings. The van der Waals surface area contributed by atoms with Gasteiger partial charge in [0.2, 0.25) is 0 Å². The molecule has 0 N–H and O–H groups in total. The molecule has 0 unspecified atom stereocenters. The van der Waals surface area contributed by atoms with Gasteiger partial charge in [0.1, 0.15) is 5.75 Å². The number of hydrogen-bond donors (Lipinski definition) is 0. The number of benzene rings is 1. The molecule has 3 heteroatoms. The van der Waals surface area contributed by atoms with Crippen LogP contribution in [0.2, 0.25) is 19.6 Å².